The number of aromatic nitrogens is 2. The number of fused-ring (bicyclic) bond motifs is 1. The Morgan fingerprint density at radius 2 is 1.95 bits per heavy atom. The second-order valence-corrected chi connectivity index (χ2v) is 4.66. The van der Waals surface area contributed by atoms with E-state index in [9.17, 15) is 9.59 Å². The first-order valence-electron chi connectivity index (χ1n) is 6.61. The van der Waals surface area contributed by atoms with Gasteiger partial charge in [0.15, 0.2) is 0 Å². The SMILES string of the molecule is COC(=O)c1cc2cc(NC(=O)c3ccccc3)cnc2[nH]1. The maximum Gasteiger partial charge on any atom is 0.354 e. The van der Waals surface area contributed by atoms with Crippen molar-refractivity contribution in [2.24, 2.45) is 0 Å². The Morgan fingerprint density at radius 1 is 1.18 bits per heavy atom. The van der Waals surface area contributed by atoms with E-state index in [4.69, 9.17) is 0 Å². The van der Waals surface area contributed by atoms with Gasteiger partial charge in [0.05, 0.1) is 19.0 Å². The molecule has 3 aromatic rings. The fourth-order valence-corrected chi connectivity index (χ4v) is 2.10. The molecule has 0 fully saturated rings. The number of aromatic amines is 1. The summed E-state index contributed by atoms with van der Waals surface area (Å²) in [6.45, 7) is 0. The number of nitrogens with one attached hydrogen (secondary N) is 2. The average Bonchev–Trinajstić information content (AvgIpc) is 2.98. The van der Waals surface area contributed by atoms with Gasteiger partial charge in [-0.1, -0.05) is 18.2 Å². The van der Waals surface area contributed by atoms with Crippen LogP contribution in [-0.4, -0.2) is 29.0 Å². The van der Waals surface area contributed by atoms with Crippen LogP contribution in [0.4, 0.5) is 5.69 Å². The van der Waals surface area contributed by atoms with Crippen molar-refractivity contribution in [3.8, 4) is 0 Å². The third-order valence-corrected chi connectivity index (χ3v) is 3.17. The lowest BCUT2D eigenvalue weighted by molar-refractivity contribution is 0.0595. The first-order valence-corrected chi connectivity index (χ1v) is 6.61. The van der Waals surface area contributed by atoms with Crippen molar-refractivity contribution in [3.05, 3.63) is 59.9 Å². The van der Waals surface area contributed by atoms with Crippen LogP contribution in [0.2, 0.25) is 0 Å². The van der Waals surface area contributed by atoms with E-state index in [0.29, 0.717) is 28.0 Å². The van der Waals surface area contributed by atoms with Crippen molar-refractivity contribution >= 4 is 28.6 Å². The highest BCUT2D eigenvalue weighted by Crippen LogP contribution is 2.18. The highest BCUT2D eigenvalue weighted by molar-refractivity contribution is 6.05. The lowest BCUT2D eigenvalue weighted by Gasteiger charge is -2.04. The van der Waals surface area contributed by atoms with Gasteiger partial charge < -0.3 is 15.0 Å². The molecule has 6 heteroatoms. The van der Waals surface area contributed by atoms with Gasteiger partial charge in [0.1, 0.15) is 11.3 Å². The summed E-state index contributed by atoms with van der Waals surface area (Å²) in [5.41, 5.74) is 1.98. The second kappa shape index (κ2) is 5.69. The number of rotatable bonds is 3. The molecule has 1 aromatic carbocycles. The van der Waals surface area contributed by atoms with Crippen molar-refractivity contribution in [3.63, 3.8) is 0 Å². The maximum absolute atomic E-state index is 12.1. The molecule has 0 aliphatic carbocycles. The van der Waals surface area contributed by atoms with Crippen LogP contribution in [0.5, 0.6) is 0 Å². The molecule has 0 atom stereocenters. The third-order valence-electron chi connectivity index (χ3n) is 3.17. The Balaban J connectivity index is 1.86. The molecule has 110 valence electrons. The number of pyridine rings is 1. The fraction of sp³-hybridized carbons (Fsp3) is 0.0625. The molecule has 2 heterocycles. The average molecular weight is 295 g/mol. The molecule has 0 unspecified atom stereocenters. The molecule has 6 nitrogen and oxygen atoms in total. The highest BCUT2D eigenvalue weighted by atomic mass is 16.5. The van der Waals surface area contributed by atoms with Gasteiger partial charge in [0.2, 0.25) is 0 Å². The monoisotopic (exact) mass is 295 g/mol. The molecule has 3 rings (SSSR count). The molecule has 2 aromatic heterocycles. The van der Waals surface area contributed by atoms with Gasteiger partial charge in [0.25, 0.3) is 5.91 Å². The Kier molecular flexibility index (Phi) is 3.57. The summed E-state index contributed by atoms with van der Waals surface area (Å²) >= 11 is 0. The minimum atomic E-state index is -0.465. The Morgan fingerprint density at radius 3 is 2.68 bits per heavy atom. The molecule has 2 N–H and O–H groups in total. The number of methoxy groups -OCH3 is 1. The van der Waals surface area contributed by atoms with Gasteiger partial charge in [-0.3, -0.25) is 4.79 Å². The number of carbonyl (C=O) groups excluding carboxylic acids is 2. The smallest absolute Gasteiger partial charge is 0.354 e. The molecule has 0 bridgehead atoms. The summed E-state index contributed by atoms with van der Waals surface area (Å²) in [6, 6.07) is 12.3. The van der Waals surface area contributed by atoms with Crippen molar-refractivity contribution in [1.82, 2.24) is 9.97 Å². The molecule has 0 aliphatic rings. The second-order valence-electron chi connectivity index (χ2n) is 4.66. The number of hydrogen-bond acceptors (Lipinski definition) is 4. The number of carbonyl (C=O) groups is 2. The van der Waals surface area contributed by atoms with Gasteiger partial charge in [-0.15, -0.1) is 0 Å². The van der Waals surface area contributed by atoms with E-state index in [2.05, 4.69) is 20.0 Å². The number of anilines is 1. The van der Waals surface area contributed by atoms with E-state index in [1.165, 1.54) is 13.3 Å². The predicted molar refractivity (Wildman–Crippen MR) is 81.8 cm³/mol. The zero-order valence-electron chi connectivity index (χ0n) is 11.8. The van der Waals surface area contributed by atoms with Gasteiger partial charge in [-0.2, -0.15) is 0 Å². The van der Waals surface area contributed by atoms with Crippen LogP contribution in [0.3, 0.4) is 0 Å². The quantitative estimate of drug-likeness (QED) is 0.727. The maximum atomic E-state index is 12.1. The van der Waals surface area contributed by atoms with E-state index in [0.717, 1.165) is 0 Å². The molecule has 0 saturated heterocycles. The van der Waals surface area contributed by atoms with Crippen LogP contribution < -0.4 is 5.32 Å². The molecule has 0 radical (unpaired) electrons. The highest BCUT2D eigenvalue weighted by Gasteiger charge is 2.11. The van der Waals surface area contributed by atoms with E-state index >= 15 is 0 Å². The van der Waals surface area contributed by atoms with Crippen LogP contribution >= 0.6 is 0 Å². The summed E-state index contributed by atoms with van der Waals surface area (Å²) in [4.78, 5) is 30.6. The summed E-state index contributed by atoms with van der Waals surface area (Å²) in [6.07, 6.45) is 1.53. The first-order chi connectivity index (χ1) is 10.7. The van der Waals surface area contributed by atoms with Crippen molar-refractivity contribution in [1.29, 1.82) is 0 Å². The Hall–Kier alpha value is -3.15. The Bertz CT molecular complexity index is 840. The minimum Gasteiger partial charge on any atom is -0.464 e. The number of benzene rings is 1. The number of amides is 1. The molecule has 0 saturated carbocycles. The van der Waals surface area contributed by atoms with Gasteiger partial charge in [-0.05, 0) is 24.3 Å². The minimum absolute atomic E-state index is 0.217. The lowest BCUT2D eigenvalue weighted by Crippen LogP contribution is -2.11. The first kappa shape index (κ1) is 13.8. The van der Waals surface area contributed by atoms with Crippen molar-refractivity contribution in [2.75, 3.05) is 12.4 Å². The van der Waals surface area contributed by atoms with Gasteiger partial charge >= 0.3 is 5.97 Å². The largest absolute Gasteiger partial charge is 0.464 e. The molecular weight excluding hydrogens is 282 g/mol. The number of nitrogens with zero attached hydrogens (tertiary/aromatic N) is 1. The van der Waals surface area contributed by atoms with E-state index < -0.39 is 5.97 Å². The summed E-state index contributed by atoms with van der Waals surface area (Å²) in [5.74, 6) is -0.682. The van der Waals surface area contributed by atoms with E-state index in [1.54, 1.807) is 36.4 Å². The van der Waals surface area contributed by atoms with Gasteiger partial charge in [0, 0.05) is 10.9 Å². The number of ether oxygens (including phenoxy) is 1. The molecule has 22 heavy (non-hydrogen) atoms. The predicted octanol–water partition coefficient (Wildman–Crippen LogP) is 2.60. The fourth-order valence-electron chi connectivity index (χ4n) is 2.10. The van der Waals surface area contributed by atoms with Crippen LogP contribution in [0, 0.1) is 0 Å². The molecule has 0 aliphatic heterocycles. The van der Waals surface area contributed by atoms with E-state index in [-0.39, 0.29) is 5.91 Å². The van der Waals surface area contributed by atoms with Gasteiger partial charge in [-0.25, -0.2) is 9.78 Å². The standard InChI is InChI=1S/C16H13N3O3/c1-22-16(21)13-8-11-7-12(9-17-14(11)19-13)18-15(20)10-5-3-2-4-6-10/h2-9H,1H3,(H,17,19)(H,18,20). The molecule has 1 amide bonds. The zero-order chi connectivity index (χ0) is 15.5. The third kappa shape index (κ3) is 2.67. The topological polar surface area (TPSA) is 84.1 Å². The summed E-state index contributed by atoms with van der Waals surface area (Å²) < 4.78 is 4.65. The van der Waals surface area contributed by atoms with Crippen LogP contribution in [-0.2, 0) is 4.74 Å². The van der Waals surface area contributed by atoms with Crippen LogP contribution in [0.15, 0.2) is 48.7 Å². The van der Waals surface area contributed by atoms with E-state index in [1.807, 2.05) is 6.07 Å². The summed E-state index contributed by atoms with van der Waals surface area (Å²) in [7, 11) is 1.31. The number of H-pyrrole nitrogens is 1. The van der Waals surface area contributed by atoms with Crippen LogP contribution in [0.25, 0.3) is 11.0 Å². The molecular formula is C16H13N3O3. The zero-order valence-corrected chi connectivity index (χ0v) is 11.8. The number of hydrogen-bond donors (Lipinski definition) is 2. The Labute approximate surface area is 126 Å². The molecule has 0 spiro atoms. The van der Waals surface area contributed by atoms with Crippen molar-refractivity contribution in [2.45, 2.75) is 0 Å². The normalized spacial score (nSPS) is 10.4. The lowest BCUT2D eigenvalue weighted by atomic mass is 10.2. The number of esters is 1. The van der Waals surface area contributed by atoms with Crippen LogP contribution in [0.1, 0.15) is 20.8 Å². The summed E-state index contributed by atoms with van der Waals surface area (Å²) in [5, 5.41) is 3.49. The van der Waals surface area contributed by atoms with Crippen molar-refractivity contribution < 1.29 is 14.3 Å².